The number of nitrogen functional groups attached to an aromatic ring is 1. The number of amides is 2. The summed E-state index contributed by atoms with van der Waals surface area (Å²) in [4.78, 5) is 48.2. The number of thioether (sulfide) groups is 1. The van der Waals surface area contributed by atoms with Gasteiger partial charge in [-0.1, -0.05) is 17.8 Å². The van der Waals surface area contributed by atoms with Crippen molar-refractivity contribution in [2.45, 2.75) is 36.8 Å². The smallest absolute Gasteiger partial charge is 0.276 e. The monoisotopic (exact) mass is 483 g/mol. The van der Waals surface area contributed by atoms with Crippen molar-refractivity contribution in [3.8, 4) is 0 Å². The third-order valence-electron chi connectivity index (χ3n) is 5.20. The molecule has 0 radical (unpaired) electrons. The number of ether oxygens (including phenoxy) is 1. The van der Waals surface area contributed by atoms with E-state index in [2.05, 4.69) is 28.1 Å². The lowest BCUT2D eigenvalue weighted by molar-refractivity contribution is -0.146. The van der Waals surface area contributed by atoms with Crippen molar-refractivity contribution in [3.63, 3.8) is 0 Å². The number of hydrogen-bond donors (Lipinski definition) is 3. The van der Waals surface area contributed by atoms with Crippen LogP contribution in [0.25, 0.3) is 0 Å². The van der Waals surface area contributed by atoms with Crippen LogP contribution in [0.15, 0.2) is 21.8 Å². The van der Waals surface area contributed by atoms with Gasteiger partial charge in [0.2, 0.25) is 5.12 Å². The summed E-state index contributed by atoms with van der Waals surface area (Å²) < 4.78 is 5.68. The van der Waals surface area contributed by atoms with Crippen LogP contribution in [-0.2, 0) is 24.0 Å². The van der Waals surface area contributed by atoms with Gasteiger partial charge in [-0.25, -0.2) is 4.98 Å². The molecule has 0 bridgehead atoms. The molecule has 3 aliphatic heterocycles. The Balaban J connectivity index is 1.50. The number of nitrogens with two attached hydrogens (primary N) is 1. The number of rotatable bonds is 7. The van der Waals surface area contributed by atoms with E-state index < -0.39 is 22.4 Å². The number of β-lactam (4-membered cyclic amide) rings is 1. The molecule has 31 heavy (non-hydrogen) atoms. The Morgan fingerprint density at radius 1 is 1.52 bits per heavy atom. The van der Waals surface area contributed by atoms with E-state index in [1.165, 1.54) is 23.8 Å². The number of nitrogens with zero attached hydrogens (tertiary/aromatic N) is 3. The van der Waals surface area contributed by atoms with Gasteiger partial charge in [0.25, 0.3) is 11.8 Å². The van der Waals surface area contributed by atoms with Crippen molar-refractivity contribution in [1.29, 1.82) is 0 Å². The number of oxime groups is 1. The Morgan fingerprint density at radius 3 is 2.94 bits per heavy atom. The Hall–Kier alpha value is -2.09. The SMILES string of the molecule is CO/N=C(\C(=O)NC1C(=O)N2C(C(=O)S)=C(CC3CCCO3)CS[C@H]12)c1csc(N)n1. The van der Waals surface area contributed by atoms with Crippen molar-refractivity contribution in [2.24, 2.45) is 5.16 Å². The lowest BCUT2D eigenvalue weighted by Gasteiger charge is -2.50. The fourth-order valence-corrected chi connectivity index (χ4v) is 6.00. The van der Waals surface area contributed by atoms with E-state index in [0.29, 0.717) is 24.5 Å². The molecule has 166 valence electrons. The molecule has 0 aliphatic carbocycles. The minimum Gasteiger partial charge on any atom is -0.398 e. The fraction of sp³-hybridized carbons (Fsp3) is 0.500. The van der Waals surface area contributed by atoms with Gasteiger partial charge in [-0.15, -0.1) is 23.1 Å². The van der Waals surface area contributed by atoms with E-state index >= 15 is 0 Å². The topological polar surface area (TPSA) is 136 Å². The van der Waals surface area contributed by atoms with Crippen LogP contribution in [0, 0.1) is 0 Å². The third kappa shape index (κ3) is 4.31. The number of thiazole rings is 1. The molecule has 3 aliphatic rings. The van der Waals surface area contributed by atoms with Gasteiger partial charge in [0, 0.05) is 17.7 Å². The zero-order valence-electron chi connectivity index (χ0n) is 16.6. The van der Waals surface area contributed by atoms with E-state index in [0.717, 1.165) is 29.8 Å². The zero-order chi connectivity index (χ0) is 22.1. The average molecular weight is 484 g/mol. The van der Waals surface area contributed by atoms with Crippen LogP contribution in [0.3, 0.4) is 0 Å². The van der Waals surface area contributed by atoms with Gasteiger partial charge in [0.1, 0.15) is 24.2 Å². The summed E-state index contributed by atoms with van der Waals surface area (Å²) in [5.41, 5.74) is 6.97. The van der Waals surface area contributed by atoms with E-state index in [4.69, 9.17) is 15.3 Å². The molecule has 0 saturated carbocycles. The van der Waals surface area contributed by atoms with Crippen molar-refractivity contribution in [3.05, 3.63) is 22.3 Å². The average Bonchev–Trinajstić information content (AvgIpc) is 3.41. The Labute approximate surface area is 192 Å². The van der Waals surface area contributed by atoms with Crippen LogP contribution in [0.1, 0.15) is 25.0 Å². The van der Waals surface area contributed by atoms with E-state index in [1.807, 2.05) is 0 Å². The maximum atomic E-state index is 12.9. The van der Waals surface area contributed by atoms with Crippen LogP contribution in [0.4, 0.5) is 5.13 Å². The highest BCUT2D eigenvalue weighted by molar-refractivity contribution is 8.00. The van der Waals surface area contributed by atoms with Crippen LogP contribution < -0.4 is 11.1 Å². The summed E-state index contributed by atoms with van der Waals surface area (Å²) in [7, 11) is 1.31. The lowest BCUT2D eigenvalue weighted by atomic mass is 9.99. The number of fused-ring (bicyclic) bond motifs is 1. The number of aromatic nitrogens is 1. The second kappa shape index (κ2) is 9.18. The number of anilines is 1. The molecule has 0 aromatic carbocycles. The first kappa shape index (κ1) is 22.1. The predicted octanol–water partition coefficient (Wildman–Crippen LogP) is 0.755. The predicted molar refractivity (Wildman–Crippen MR) is 120 cm³/mol. The normalized spacial score (nSPS) is 25.9. The first-order valence-electron chi connectivity index (χ1n) is 9.55. The highest BCUT2D eigenvalue weighted by Gasteiger charge is 2.54. The Bertz CT molecular complexity index is 972. The molecular weight excluding hydrogens is 462 g/mol. The molecule has 2 fully saturated rings. The molecule has 13 heteroatoms. The first-order chi connectivity index (χ1) is 14.9. The summed E-state index contributed by atoms with van der Waals surface area (Å²) in [6, 6.07) is -0.803. The second-order valence-corrected chi connectivity index (χ2v) is 9.55. The highest BCUT2D eigenvalue weighted by atomic mass is 32.2. The largest absolute Gasteiger partial charge is 0.398 e. The van der Waals surface area contributed by atoms with Crippen LogP contribution >= 0.6 is 35.7 Å². The molecule has 3 atom stereocenters. The van der Waals surface area contributed by atoms with Gasteiger partial charge in [-0.05, 0) is 24.8 Å². The third-order valence-corrected chi connectivity index (χ3v) is 7.42. The van der Waals surface area contributed by atoms with Gasteiger partial charge in [0.15, 0.2) is 10.8 Å². The molecule has 10 nitrogen and oxygen atoms in total. The molecule has 3 N–H and O–H groups in total. The maximum Gasteiger partial charge on any atom is 0.276 e. The summed E-state index contributed by atoms with van der Waals surface area (Å²) in [6.45, 7) is 0.713. The quantitative estimate of drug-likeness (QED) is 0.224. The maximum absolute atomic E-state index is 12.9. The first-order valence-corrected chi connectivity index (χ1v) is 11.9. The summed E-state index contributed by atoms with van der Waals surface area (Å²) in [6.07, 6.45) is 2.57. The Morgan fingerprint density at radius 2 is 2.32 bits per heavy atom. The van der Waals surface area contributed by atoms with E-state index in [1.54, 1.807) is 5.38 Å². The zero-order valence-corrected chi connectivity index (χ0v) is 19.1. The van der Waals surface area contributed by atoms with Gasteiger partial charge < -0.3 is 20.6 Å². The molecule has 1 aromatic rings. The van der Waals surface area contributed by atoms with Crippen molar-refractivity contribution in [1.82, 2.24) is 15.2 Å². The standard InChI is InChI=1S/C18H21N5O5S3/c1-27-22-11(10-7-31-18(19)20-10)14(24)21-12-15(25)23-13(17(26)29)8(6-30-16(12)23)5-9-3-2-4-28-9/h7,9,12,16H,2-6H2,1H3,(H2,19,20)(H,21,24)(H,26,29)/b22-11-/t9?,12?,16-/m1/s1. The van der Waals surface area contributed by atoms with E-state index in [-0.39, 0.29) is 28.5 Å². The van der Waals surface area contributed by atoms with E-state index in [9.17, 15) is 14.4 Å². The molecule has 4 heterocycles. The van der Waals surface area contributed by atoms with Gasteiger partial charge in [0.05, 0.1) is 11.8 Å². The second-order valence-electron chi connectivity index (χ2n) is 7.15. The van der Waals surface area contributed by atoms with Crippen LogP contribution in [-0.4, -0.2) is 69.5 Å². The van der Waals surface area contributed by atoms with Gasteiger partial charge in [-0.3, -0.25) is 19.3 Å². The molecule has 1 aromatic heterocycles. The van der Waals surface area contributed by atoms with Gasteiger partial charge in [-0.2, -0.15) is 0 Å². The number of hydrogen-bond acceptors (Lipinski definition) is 10. The number of nitrogens with one attached hydrogen (secondary N) is 1. The van der Waals surface area contributed by atoms with Crippen molar-refractivity contribution < 1.29 is 24.0 Å². The van der Waals surface area contributed by atoms with Crippen LogP contribution in [0.5, 0.6) is 0 Å². The van der Waals surface area contributed by atoms with Crippen molar-refractivity contribution in [2.75, 3.05) is 25.2 Å². The molecule has 2 saturated heterocycles. The fourth-order valence-electron chi connectivity index (χ4n) is 3.82. The number of carbonyl (C=O) groups is 3. The minimum absolute atomic E-state index is 0.0556. The molecular formula is C18H21N5O5S3. The molecule has 0 spiro atoms. The number of carbonyl (C=O) groups excluding carboxylic acids is 3. The molecule has 2 unspecified atom stereocenters. The van der Waals surface area contributed by atoms with Crippen molar-refractivity contribution >= 4 is 63.5 Å². The summed E-state index contributed by atoms with van der Waals surface area (Å²) >= 11 is 6.65. The molecule has 2 amide bonds. The number of thiol groups is 1. The summed E-state index contributed by atoms with van der Waals surface area (Å²) in [5, 5.41) is 7.41. The van der Waals surface area contributed by atoms with Gasteiger partial charge >= 0.3 is 0 Å². The highest BCUT2D eigenvalue weighted by Crippen LogP contribution is 2.42. The Kier molecular flexibility index (Phi) is 6.55. The summed E-state index contributed by atoms with van der Waals surface area (Å²) in [5.74, 6) is -0.426. The minimum atomic E-state index is -0.803. The molecule has 4 rings (SSSR count). The lowest BCUT2D eigenvalue weighted by Crippen LogP contribution is -2.71. The van der Waals surface area contributed by atoms with Crippen LogP contribution in [0.2, 0.25) is 0 Å².